The molecule has 0 spiro atoms. The molecule has 1 rings (SSSR count). The molecule has 0 saturated carbocycles. The summed E-state index contributed by atoms with van der Waals surface area (Å²) in [6.45, 7) is 7.08. The van der Waals surface area contributed by atoms with E-state index in [4.69, 9.17) is 15.2 Å². The highest BCUT2D eigenvalue weighted by Crippen LogP contribution is 2.25. The lowest BCUT2D eigenvalue weighted by atomic mass is 10.4. The van der Waals surface area contributed by atoms with E-state index in [2.05, 4.69) is 5.10 Å². The Morgan fingerprint density at radius 1 is 1.53 bits per heavy atom. The van der Waals surface area contributed by atoms with E-state index in [1.165, 1.54) is 0 Å². The maximum atomic E-state index is 5.87. The normalized spacial score (nSPS) is 12.8. The number of methoxy groups -OCH3 is 1. The Hall–Kier alpha value is -1.23. The highest BCUT2D eigenvalue weighted by atomic mass is 16.5. The van der Waals surface area contributed by atoms with Crippen molar-refractivity contribution < 1.29 is 9.47 Å². The van der Waals surface area contributed by atoms with Crippen LogP contribution in [-0.2, 0) is 11.3 Å². The molecule has 0 bridgehead atoms. The topological polar surface area (TPSA) is 62.3 Å². The minimum Gasteiger partial charge on any atom is -0.471 e. The van der Waals surface area contributed by atoms with Crippen LogP contribution in [0.3, 0.4) is 0 Å². The van der Waals surface area contributed by atoms with E-state index in [0.717, 1.165) is 12.2 Å². The Bertz CT molecular complexity index is 323. The van der Waals surface area contributed by atoms with Crippen LogP contribution in [0.1, 0.15) is 19.5 Å². The summed E-state index contributed by atoms with van der Waals surface area (Å²) in [5.41, 5.74) is 7.29. The predicted molar refractivity (Wildman–Crippen MR) is 59.0 cm³/mol. The lowest BCUT2D eigenvalue weighted by molar-refractivity contribution is 0.0858. The second-order valence-electron chi connectivity index (χ2n) is 3.50. The Balaban J connectivity index is 2.82. The first-order chi connectivity index (χ1) is 7.10. The number of hydrogen-bond acceptors (Lipinski definition) is 4. The summed E-state index contributed by atoms with van der Waals surface area (Å²) in [6, 6.07) is 0. The third-order valence-corrected chi connectivity index (χ3v) is 2.14. The van der Waals surface area contributed by atoms with Gasteiger partial charge < -0.3 is 15.2 Å². The molecular formula is C10H19N3O2. The molecular weight excluding hydrogens is 194 g/mol. The van der Waals surface area contributed by atoms with Gasteiger partial charge >= 0.3 is 0 Å². The highest BCUT2D eigenvalue weighted by molar-refractivity contribution is 5.52. The molecule has 2 N–H and O–H groups in total. The van der Waals surface area contributed by atoms with Crippen LogP contribution in [0, 0.1) is 6.92 Å². The van der Waals surface area contributed by atoms with Crippen LogP contribution < -0.4 is 10.5 Å². The van der Waals surface area contributed by atoms with Crippen molar-refractivity contribution in [2.24, 2.45) is 0 Å². The van der Waals surface area contributed by atoms with Crippen LogP contribution in [0.5, 0.6) is 5.88 Å². The smallest absolute Gasteiger partial charge is 0.236 e. The molecule has 1 atom stereocenters. The number of aryl methyl sites for hydroxylation is 2. The number of rotatable bonds is 5. The van der Waals surface area contributed by atoms with Gasteiger partial charge in [0.15, 0.2) is 0 Å². The van der Waals surface area contributed by atoms with Crippen LogP contribution in [0.4, 0.5) is 5.69 Å². The monoisotopic (exact) mass is 213 g/mol. The maximum Gasteiger partial charge on any atom is 0.236 e. The quantitative estimate of drug-likeness (QED) is 0.798. The van der Waals surface area contributed by atoms with E-state index in [1.54, 1.807) is 11.8 Å². The predicted octanol–water partition coefficient (Wildman–Crippen LogP) is 1.21. The fraction of sp³-hybridized carbons (Fsp3) is 0.700. The van der Waals surface area contributed by atoms with Crippen molar-refractivity contribution in [1.29, 1.82) is 0 Å². The zero-order valence-corrected chi connectivity index (χ0v) is 9.78. The van der Waals surface area contributed by atoms with Crippen LogP contribution in [-0.4, -0.2) is 29.6 Å². The van der Waals surface area contributed by atoms with E-state index in [-0.39, 0.29) is 6.10 Å². The van der Waals surface area contributed by atoms with Crippen LogP contribution in [0.2, 0.25) is 0 Å². The van der Waals surface area contributed by atoms with Crippen molar-refractivity contribution in [2.75, 3.05) is 19.5 Å². The summed E-state index contributed by atoms with van der Waals surface area (Å²) >= 11 is 0. The van der Waals surface area contributed by atoms with Crippen molar-refractivity contribution in [1.82, 2.24) is 9.78 Å². The molecule has 0 aliphatic heterocycles. The summed E-state index contributed by atoms with van der Waals surface area (Å²) in [6.07, 6.45) is -0.0290. The molecule has 0 saturated heterocycles. The fourth-order valence-corrected chi connectivity index (χ4v) is 1.37. The van der Waals surface area contributed by atoms with Crippen molar-refractivity contribution in [2.45, 2.75) is 33.4 Å². The van der Waals surface area contributed by atoms with Crippen LogP contribution in [0.25, 0.3) is 0 Å². The van der Waals surface area contributed by atoms with Crippen molar-refractivity contribution in [3.05, 3.63) is 5.69 Å². The van der Waals surface area contributed by atoms with E-state index < -0.39 is 0 Å². The van der Waals surface area contributed by atoms with Crippen molar-refractivity contribution in [3.63, 3.8) is 0 Å². The first-order valence-electron chi connectivity index (χ1n) is 5.08. The molecule has 15 heavy (non-hydrogen) atoms. The van der Waals surface area contributed by atoms with Crippen molar-refractivity contribution in [3.8, 4) is 5.88 Å². The second kappa shape index (κ2) is 5.02. The molecule has 1 aromatic heterocycles. The summed E-state index contributed by atoms with van der Waals surface area (Å²) in [5, 5.41) is 4.27. The van der Waals surface area contributed by atoms with E-state index in [0.29, 0.717) is 18.2 Å². The van der Waals surface area contributed by atoms with Gasteiger partial charge in [0.1, 0.15) is 11.8 Å². The van der Waals surface area contributed by atoms with Crippen LogP contribution in [0.15, 0.2) is 0 Å². The van der Waals surface area contributed by atoms with Crippen LogP contribution >= 0.6 is 0 Å². The van der Waals surface area contributed by atoms with Gasteiger partial charge in [0.05, 0.1) is 12.3 Å². The third-order valence-electron chi connectivity index (χ3n) is 2.14. The van der Waals surface area contributed by atoms with Gasteiger partial charge in [-0.15, -0.1) is 0 Å². The average molecular weight is 213 g/mol. The average Bonchev–Trinajstić information content (AvgIpc) is 2.46. The zero-order chi connectivity index (χ0) is 11.4. The maximum absolute atomic E-state index is 5.87. The molecule has 5 heteroatoms. The largest absolute Gasteiger partial charge is 0.471 e. The van der Waals surface area contributed by atoms with Gasteiger partial charge in [-0.25, -0.2) is 4.68 Å². The number of ether oxygens (including phenoxy) is 2. The Labute approximate surface area is 90.2 Å². The fourth-order valence-electron chi connectivity index (χ4n) is 1.37. The number of anilines is 1. The summed E-state index contributed by atoms with van der Waals surface area (Å²) in [4.78, 5) is 0. The molecule has 0 radical (unpaired) electrons. The van der Waals surface area contributed by atoms with E-state index in [1.807, 2.05) is 20.8 Å². The minimum atomic E-state index is -0.0290. The molecule has 0 amide bonds. The molecule has 0 aliphatic rings. The number of hydrogen-bond donors (Lipinski definition) is 1. The Kier molecular flexibility index (Phi) is 3.96. The summed E-state index contributed by atoms with van der Waals surface area (Å²) in [5.74, 6) is 0.638. The van der Waals surface area contributed by atoms with E-state index >= 15 is 0 Å². The first-order valence-corrected chi connectivity index (χ1v) is 5.08. The zero-order valence-electron chi connectivity index (χ0n) is 9.78. The van der Waals surface area contributed by atoms with Gasteiger partial charge in [0.25, 0.3) is 0 Å². The summed E-state index contributed by atoms with van der Waals surface area (Å²) < 4.78 is 12.4. The first kappa shape index (κ1) is 11.8. The van der Waals surface area contributed by atoms with Gasteiger partial charge in [-0.3, -0.25) is 0 Å². The van der Waals surface area contributed by atoms with E-state index in [9.17, 15) is 0 Å². The van der Waals surface area contributed by atoms with Gasteiger partial charge in [-0.1, -0.05) is 0 Å². The molecule has 0 aromatic carbocycles. The van der Waals surface area contributed by atoms with Gasteiger partial charge in [0.2, 0.25) is 5.88 Å². The molecule has 86 valence electrons. The van der Waals surface area contributed by atoms with Gasteiger partial charge in [-0.2, -0.15) is 5.10 Å². The number of nitrogens with two attached hydrogens (primary N) is 1. The van der Waals surface area contributed by atoms with Crippen molar-refractivity contribution >= 4 is 5.69 Å². The molecule has 5 nitrogen and oxygen atoms in total. The third kappa shape index (κ3) is 2.62. The standard InChI is InChI=1S/C10H19N3O2/c1-5-13-10(9(11)8(3)12-13)15-7(2)6-14-4/h7H,5-6,11H2,1-4H3. The molecule has 1 heterocycles. The highest BCUT2D eigenvalue weighted by Gasteiger charge is 2.15. The second-order valence-corrected chi connectivity index (χ2v) is 3.50. The number of aromatic nitrogens is 2. The molecule has 0 aliphatic carbocycles. The lowest BCUT2D eigenvalue weighted by Gasteiger charge is -2.14. The molecule has 0 fully saturated rings. The number of nitrogens with zero attached hydrogens (tertiary/aromatic N) is 2. The van der Waals surface area contributed by atoms with Gasteiger partial charge in [0, 0.05) is 13.7 Å². The number of nitrogen functional groups attached to an aromatic ring is 1. The summed E-state index contributed by atoms with van der Waals surface area (Å²) in [7, 11) is 1.64. The minimum absolute atomic E-state index is 0.0290. The SMILES string of the molecule is CCn1nc(C)c(N)c1OC(C)COC. The van der Waals surface area contributed by atoms with Gasteiger partial charge in [-0.05, 0) is 20.8 Å². The lowest BCUT2D eigenvalue weighted by Crippen LogP contribution is -2.20. The Morgan fingerprint density at radius 3 is 2.73 bits per heavy atom. The molecule has 1 aromatic rings. The molecule has 1 unspecified atom stereocenters. The Morgan fingerprint density at radius 2 is 2.20 bits per heavy atom.